The normalized spacial score (nSPS) is 10.1. The van der Waals surface area contributed by atoms with Crippen LogP contribution < -0.4 is 5.32 Å². The van der Waals surface area contributed by atoms with Crippen LogP contribution in [0.3, 0.4) is 0 Å². The van der Waals surface area contributed by atoms with E-state index in [1.165, 1.54) is 6.07 Å². The number of nitrogens with one attached hydrogen (secondary N) is 2. The lowest BCUT2D eigenvalue weighted by Crippen LogP contribution is -2.34. The van der Waals surface area contributed by atoms with E-state index in [0.717, 1.165) is 10.0 Å². The Kier molecular flexibility index (Phi) is 6.07. The second-order valence-electron chi connectivity index (χ2n) is 4.52. The van der Waals surface area contributed by atoms with Gasteiger partial charge in [-0.3, -0.25) is 15.2 Å². The summed E-state index contributed by atoms with van der Waals surface area (Å²) in [7, 11) is 0. The lowest BCUT2D eigenvalue weighted by atomic mass is 10.1. The zero-order valence-corrected chi connectivity index (χ0v) is 14.3. The number of aromatic nitrogens is 2. The molecule has 0 saturated carbocycles. The molecule has 2 aromatic rings. The topological polar surface area (TPSA) is 110 Å². The van der Waals surface area contributed by atoms with Gasteiger partial charge in [0, 0.05) is 10.0 Å². The first-order valence-corrected chi connectivity index (χ1v) is 7.74. The largest absolute Gasteiger partial charge is 0.451 e. The number of carbonyl (C=O) groups is 3. The summed E-state index contributed by atoms with van der Waals surface area (Å²) in [6.07, 6.45) is -0.891. The van der Waals surface area contributed by atoms with Crippen molar-refractivity contribution in [3.05, 3.63) is 40.5 Å². The highest BCUT2D eigenvalue weighted by Gasteiger charge is 2.15. The van der Waals surface area contributed by atoms with Gasteiger partial charge >= 0.3 is 12.1 Å². The minimum atomic E-state index is -0.891. The van der Waals surface area contributed by atoms with Crippen molar-refractivity contribution >= 4 is 33.9 Å². The average Bonchev–Trinajstić information content (AvgIpc) is 3.03. The molecule has 0 bridgehead atoms. The van der Waals surface area contributed by atoms with Crippen LogP contribution in [0.5, 0.6) is 0 Å². The van der Waals surface area contributed by atoms with Gasteiger partial charge in [-0.15, -0.1) is 0 Å². The Hall–Kier alpha value is -2.68. The molecule has 2 N–H and O–H groups in total. The number of alkyl carbamates (subject to hydrolysis) is 1. The molecule has 0 fully saturated rings. The predicted molar refractivity (Wildman–Crippen MR) is 87.2 cm³/mol. The minimum Gasteiger partial charge on any atom is -0.451 e. The molecule has 0 aliphatic rings. The smallest absolute Gasteiger partial charge is 0.413 e. The van der Waals surface area contributed by atoms with Crippen LogP contribution in [0.2, 0.25) is 0 Å². The molecule has 0 radical (unpaired) electrons. The Morgan fingerprint density at radius 3 is 2.58 bits per heavy atom. The molecule has 24 heavy (non-hydrogen) atoms. The van der Waals surface area contributed by atoms with E-state index in [1.807, 2.05) is 29.6 Å². The standard InChI is InChI=1S/C15H14BrN3O5/c1-2-23-15(22)17-13(20)8-24-14(21)12-7-11(18-19-12)9-3-5-10(16)6-4-9/h3-7H,2,8H2,1H3,(H,18,19)(H,17,20,22). The van der Waals surface area contributed by atoms with Gasteiger partial charge in [-0.2, -0.15) is 5.10 Å². The van der Waals surface area contributed by atoms with E-state index < -0.39 is 24.6 Å². The molecule has 0 aliphatic heterocycles. The molecular weight excluding hydrogens is 382 g/mol. The van der Waals surface area contributed by atoms with Gasteiger partial charge in [0.2, 0.25) is 0 Å². The van der Waals surface area contributed by atoms with Crippen molar-refractivity contribution in [1.29, 1.82) is 0 Å². The summed E-state index contributed by atoms with van der Waals surface area (Å²) in [5, 5.41) is 8.48. The van der Waals surface area contributed by atoms with Crippen LogP contribution in [-0.2, 0) is 14.3 Å². The maximum Gasteiger partial charge on any atom is 0.413 e. The molecule has 0 unspecified atom stereocenters. The monoisotopic (exact) mass is 395 g/mol. The van der Waals surface area contributed by atoms with Gasteiger partial charge in [-0.1, -0.05) is 28.1 Å². The summed E-state index contributed by atoms with van der Waals surface area (Å²) in [6, 6.07) is 8.88. The number of benzene rings is 1. The molecule has 126 valence electrons. The second-order valence-corrected chi connectivity index (χ2v) is 5.43. The third-order valence-corrected chi connectivity index (χ3v) is 3.32. The van der Waals surface area contributed by atoms with Crippen molar-refractivity contribution in [2.45, 2.75) is 6.92 Å². The molecule has 0 spiro atoms. The van der Waals surface area contributed by atoms with E-state index >= 15 is 0 Å². The lowest BCUT2D eigenvalue weighted by Gasteiger charge is -2.04. The number of amides is 2. The highest BCUT2D eigenvalue weighted by molar-refractivity contribution is 9.10. The first kappa shape index (κ1) is 17.7. The van der Waals surface area contributed by atoms with E-state index in [-0.39, 0.29) is 12.3 Å². The number of carbonyl (C=O) groups excluding carboxylic acids is 3. The molecule has 8 nitrogen and oxygen atoms in total. The SMILES string of the molecule is CCOC(=O)NC(=O)COC(=O)c1cc(-c2ccc(Br)cc2)n[nH]1. The number of rotatable bonds is 5. The van der Waals surface area contributed by atoms with Crippen LogP contribution >= 0.6 is 15.9 Å². The van der Waals surface area contributed by atoms with Crippen LogP contribution in [0.1, 0.15) is 17.4 Å². The highest BCUT2D eigenvalue weighted by Crippen LogP contribution is 2.20. The van der Waals surface area contributed by atoms with E-state index in [9.17, 15) is 14.4 Å². The number of halogens is 1. The van der Waals surface area contributed by atoms with Crippen LogP contribution in [0.15, 0.2) is 34.8 Å². The Labute approximate surface area is 145 Å². The summed E-state index contributed by atoms with van der Waals surface area (Å²) in [5.74, 6) is -1.54. The zero-order chi connectivity index (χ0) is 17.5. The van der Waals surface area contributed by atoms with Crippen LogP contribution in [0.25, 0.3) is 11.3 Å². The number of ether oxygens (including phenoxy) is 2. The van der Waals surface area contributed by atoms with Gasteiger partial charge in [0.05, 0.1) is 12.3 Å². The van der Waals surface area contributed by atoms with Crippen molar-refractivity contribution in [3.63, 3.8) is 0 Å². The van der Waals surface area contributed by atoms with Crippen LogP contribution in [-0.4, -0.2) is 41.4 Å². The highest BCUT2D eigenvalue weighted by atomic mass is 79.9. The van der Waals surface area contributed by atoms with Gasteiger partial charge < -0.3 is 9.47 Å². The quantitative estimate of drug-likeness (QED) is 0.751. The first-order valence-electron chi connectivity index (χ1n) is 6.94. The number of hydrogen-bond donors (Lipinski definition) is 2. The maximum atomic E-state index is 11.9. The van der Waals surface area contributed by atoms with E-state index in [4.69, 9.17) is 4.74 Å². The van der Waals surface area contributed by atoms with Gasteiger partial charge in [-0.05, 0) is 25.1 Å². The Morgan fingerprint density at radius 1 is 1.21 bits per heavy atom. The molecule has 0 atom stereocenters. The third kappa shape index (κ3) is 4.92. The van der Waals surface area contributed by atoms with E-state index in [0.29, 0.717) is 5.69 Å². The number of hydrogen-bond acceptors (Lipinski definition) is 6. The van der Waals surface area contributed by atoms with Crippen LogP contribution in [0, 0.1) is 0 Å². The third-order valence-electron chi connectivity index (χ3n) is 2.79. The number of nitrogens with zero attached hydrogens (tertiary/aromatic N) is 1. The summed E-state index contributed by atoms with van der Waals surface area (Å²) in [5.41, 5.74) is 1.47. The molecule has 1 aromatic carbocycles. The number of imide groups is 1. The van der Waals surface area contributed by atoms with Gasteiger partial charge in [-0.25, -0.2) is 9.59 Å². The van der Waals surface area contributed by atoms with Crippen molar-refractivity contribution in [2.75, 3.05) is 13.2 Å². The molecule has 2 amide bonds. The number of aromatic amines is 1. The fourth-order valence-corrected chi connectivity index (χ4v) is 1.99. The van der Waals surface area contributed by atoms with E-state index in [2.05, 4.69) is 30.9 Å². The van der Waals surface area contributed by atoms with E-state index in [1.54, 1.807) is 6.92 Å². The zero-order valence-electron chi connectivity index (χ0n) is 12.7. The average molecular weight is 396 g/mol. The number of esters is 1. The second kappa shape index (κ2) is 8.25. The number of H-pyrrole nitrogens is 1. The summed E-state index contributed by atoms with van der Waals surface area (Å²) < 4.78 is 10.3. The molecule has 1 heterocycles. The van der Waals surface area contributed by atoms with Crippen molar-refractivity contribution in [1.82, 2.24) is 15.5 Å². The predicted octanol–water partition coefficient (Wildman–Crippen LogP) is 2.27. The first-order chi connectivity index (χ1) is 11.5. The fraction of sp³-hybridized carbons (Fsp3) is 0.200. The Bertz CT molecular complexity index is 742. The summed E-state index contributed by atoms with van der Waals surface area (Å²) in [6.45, 7) is 1.13. The van der Waals surface area contributed by atoms with Gasteiger partial charge in [0.1, 0.15) is 5.69 Å². The summed E-state index contributed by atoms with van der Waals surface area (Å²) in [4.78, 5) is 34.3. The molecule has 2 rings (SSSR count). The van der Waals surface area contributed by atoms with Crippen molar-refractivity contribution < 1.29 is 23.9 Å². The van der Waals surface area contributed by atoms with Crippen molar-refractivity contribution in [2.24, 2.45) is 0 Å². The molecule has 9 heteroatoms. The van der Waals surface area contributed by atoms with Gasteiger partial charge in [0.25, 0.3) is 5.91 Å². The van der Waals surface area contributed by atoms with Crippen molar-refractivity contribution in [3.8, 4) is 11.3 Å². The fourth-order valence-electron chi connectivity index (χ4n) is 1.72. The van der Waals surface area contributed by atoms with Gasteiger partial charge in [0.15, 0.2) is 6.61 Å². The molecule has 0 aliphatic carbocycles. The Balaban J connectivity index is 1.90. The van der Waals surface area contributed by atoms with Crippen LogP contribution in [0.4, 0.5) is 4.79 Å². The lowest BCUT2D eigenvalue weighted by molar-refractivity contribution is -0.123. The minimum absolute atomic E-state index is 0.0943. The molecule has 0 saturated heterocycles. The Morgan fingerprint density at radius 2 is 1.92 bits per heavy atom. The molecule has 1 aromatic heterocycles. The molecular formula is C15H14BrN3O5. The maximum absolute atomic E-state index is 11.9. The summed E-state index contributed by atoms with van der Waals surface area (Å²) >= 11 is 3.33.